The molecule has 0 fully saturated rings. The number of nitrogens with two attached hydrogens (primary N) is 1. The van der Waals surface area contributed by atoms with Gasteiger partial charge in [0, 0.05) is 5.56 Å². The largest absolute Gasteiger partial charge is 0.364 e. The fourth-order valence-electron chi connectivity index (χ4n) is 2.83. The predicted octanol–water partition coefficient (Wildman–Crippen LogP) is 1.90. The third kappa shape index (κ3) is 2.76. The molecule has 1 aromatic carbocycles. The summed E-state index contributed by atoms with van der Waals surface area (Å²) in [6, 6.07) is 7.78. The van der Waals surface area contributed by atoms with Gasteiger partial charge in [-0.1, -0.05) is 18.1 Å². The van der Waals surface area contributed by atoms with Crippen LogP contribution < -0.4 is 5.73 Å². The molecule has 2 N–H and O–H groups in total. The van der Waals surface area contributed by atoms with Crippen molar-refractivity contribution < 1.29 is 4.79 Å². The van der Waals surface area contributed by atoms with E-state index in [-0.39, 0.29) is 6.04 Å². The van der Waals surface area contributed by atoms with Crippen LogP contribution in [0.3, 0.4) is 0 Å². The van der Waals surface area contributed by atoms with Crippen molar-refractivity contribution in [3.63, 3.8) is 0 Å². The number of aromatic nitrogens is 2. The first kappa shape index (κ1) is 15.0. The zero-order chi connectivity index (χ0) is 16.6. The molecule has 0 spiro atoms. The van der Waals surface area contributed by atoms with E-state index in [0.29, 0.717) is 12.3 Å². The van der Waals surface area contributed by atoms with E-state index in [1.54, 1.807) is 0 Å². The molecule has 2 aromatic rings. The van der Waals surface area contributed by atoms with Crippen LogP contribution in [0.5, 0.6) is 0 Å². The van der Waals surface area contributed by atoms with Crippen LogP contribution in [0.25, 0.3) is 0 Å². The smallest absolute Gasteiger partial charge is 0.264 e. The van der Waals surface area contributed by atoms with Crippen molar-refractivity contribution in [3.8, 4) is 11.8 Å². The number of imidazole rings is 1. The molecule has 0 radical (unpaired) electrons. The van der Waals surface area contributed by atoms with Crippen molar-refractivity contribution >= 4 is 11.6 Å². The molecule has 1 aliphatic heterocycles. The topological polar surface area (TPSA) is 73.3 Å². The highest BCUT2D eigenvalue weighted by Crippen LogP contribution is 2.23. The molecule has 5 heteroatoms. The Bertz CT molecular complexity index is 880. The summed E-state index contributed by atoms with van der Waals surface area (Å²) in [4.78, 5) is 20.3. The molecule has 23 heavy (non-hydrogen) atoms. The number of carbonyl (C=O) groups is 1. The molecule has 1 aromatic heterocycles. The van der Waals surface area contributed by atoms with E-state index in [2.05, 4.69) is 21.8 Å². The molecule has 0 saturated carbocycles. The molecule has 1 unspecified atom stereocenters. The van der Waals surface area contributed by atoms with Crippen LogP contribution in [0.15, 0.2) is 29.3 Å². The number of carbonyl (C=O) groups excluding carboxylic acids is 1. The highest BCUT2D eigenvalue weighted by Gasteiger charge is 2.27. The van der Waals surface area contributed by atoms with E-state index in [9.17, 15) is 4.79 Å². The summed E-state index contributed by atoms with van der Waals surface area (Å²) in [5.74, 6) is 6.69. The summed E-state index contributed by atoms with van der Waals surface area (Å²) in [5.41, 5.74) is 9.55. The summed E-state index contributed by atoms with van der Waals surface area (Å²) in [6.45, 7) is 6.21. The Morgan fingerprint density at radius 2 is 2.13 bits per heavy atom. The zero-order valence-corrected chi connectivity index (χ0v) is 13.4. The van der Waals surface area contributed by atoms with E-state index in [1.165, 1.54) is 5.56 Å². The van der Waals surface area contributed by atoms with Crippen LogP contribution in [0.4, 0.5) is 0 Å². The third-order valence-corrected chi connectivity index (χ3v) is 3.93. The first-order chi connectivity index (χ1) is 11.0. The van der Waals surface area contributed by atoms with Crippen molar-refractivity contribution in [2.45, 2.75) is 33.4 Å². The number of aliphatic imine (C=N–C) groups is 1. The van der Waals surface area contributed by atoms with Crippen molar-refractivity contribution in [2.75, 3.05) is 0 Å². The number of aryl methyl sites for hydroxylation is 2. The number of rotatable bonds is 1. The van der Waals surface area contributed by atoms with E-state index in [0.717, 1.165) is 22.8 Å². The Kier molecular flexibility index (Phi) is 3.75. The number of nitrogens with zero attached hydrogens (tertiary/aromatic N) is 3. The van der Waals surface area contributed by atoms with Gasteiger partial charge < -0.3 is 10.3 Å². The molecule has 3 rings (SSSR count). The number of benzene rings is 1. The van der Waals surface area contributed by atoms with E-state index < -0.39 is 5.91 Å². The lowest BCUT2D eigenvalue weighted by Gasteiger charge is -2.21. The van der Waals surface area contributed by atoms with Crippen molar-refractivity contribution in [2.24, 2.45) is 10.7 Å². The lowest BCUT2D eigenvalue weighted by molar-refractivity contribution is -0.112. The second-order valence-corrected chi connectivity index (χ2v) is 5.69. The molecule has 116 valence electrons. The van der Waals surface area contributed by atoms with Crippen LogP contribution >= 0.6 is 0 Å². The second-order valence-electron chi connectivity index (χ2n) is 5.69. The van der Waals surface area contributed by atoms with Crippen molar-refractivity contribution in [1.82, 2.24) is 9.55 Å². The molecular weight excluding hydrogens is 288 g/mol. The minimum absolute atomic E-state index is 0.251. The maximum Gasteiger partial charge on any atom is 0.264 e. The Labute approximate surface area is 135 Å². The fourth-order valence-corrected chi connectivity index (χ4v) is 2.83. The van der Waals surface area contributed by atoms with Gasteiger partial charge in [0.25, 0.3) is 5.91 Å². The number of fused-ring (bicyclic) bond motifs is 1. The Hall–Kier alpha value is -2.87. The lowest BCUT2D eigenvalue weighted by atomic mass is 10.1. The quantitative estimate of drug-likeness (QED) is 0.817. The van der Waals surface area contributed by atoms with Gasteiger partial charge in [-0.05, 0) is 44.4 Å². The third-order valence-electron chi connectivity index (χ3n) is 3.93. The van der Waals surface area contributed by atoms with Gasteiger partial charge in [-0.2, -0.15) is 0 Å². The monoisotopic (exact) mass is 306 g/mol. The van der Waals surface area contributed by atoms with Gasteiger partial charge in [0.1, 0.15) is 17.2 Å². The summed E-state index contributed by atoms with van der Waals surface area (Å²) < 4.78 is 1.96. The Balaban J connectivity index is 2.04. The minimum Gasteiger partial charge on any atom is -0.364 e. The highest BCUT2D eigenvalue weighted by atomic mass is 16.1. The number of hydrogen-bond acceptors (Lipinski definition) is 3. The van der Waals surface area contributed by atoms with Gasteiger partial charge in [0.15, 0.2) is 0 Å². The minimum atomic E-state index is -0.493. The fraction of sp³-hybridized carbons (Fsp3) is 0.278. The van der Waals surface area contributed by atoms with E-state index >= 15 is 0 Å². The average Bonchev–Trinajstić information content (AvgIpc) is 2.81. The van der Waals surface area contributed by atoms with Crippen LogP contribution in [0.2, 0.25) is 0 Å². The second kappa shape index (κ2) is 5.73. The van der Waals surface area contributed by atoms with Gasteiger partial charge >= 0.3 is 0 Å². The van der Waals surface area contributed by atoms with Crippen molar-refractivity contribution in [3.05, 3.63) is 52.6 Å². The maximum atomic E-state index is 11.5. The Morgan fingerprint density at radius 3 is 2.83 bits per heavy atom. The predicted molar refractivity (Wildman–Crippen MR) is 89.2 cm³/mol. The standard InChI is InChI=1S/C18H18N4O/c1-11-5-4-6-14(9-11)7-8-15-12(2)21-16-10-20-17(18(19)23)13(3)22(15)16/h4-6,9,13H,10H2,1-3H3,(H2,19,23). The molecular formula is C18H18N4O. The molecule has 0 bridgehead atoms. The van der Waals surface area contributed by atoms with Crippen LogP contribution in [0, 0.1) is 25.7 Å². The molecule has 1 aliphatic rings. The first-order valence-corrected chi connectivity index (χ1v) is 7.48. The van der Waals surface area contributed by atoms with Gasteiger partial charge in [-0.3, -0.25) is 9.79 Å². The number of hydrogen-bond donors (Lipinski definition) is 1. The van der Waals surface area contributed by atoms with Gasteiger partial charge in [0.2, 0.25) is 0 Å². The number of primary amides is 1. The number of amides is 1. The highest BCUT2D eigenvalue weighted by molar-refractivity contribution is 6.39. The lowest BCUT2D eigenvalue weighted by Crippen LogP contribution is -2.34. The summed E-state index contributed by atoms with van der Waals surface area (Å²) in [5, 5.41) is 0. The molecule has 5 nitrogen and oxygen atoms in total. The van der Waals surface area contributed by atoms with Crippen molar-refractivity contribution in [1.29, 1.82) is 0 Å². The average molecular weight is 306 g/mol. The van der Waals surface area contributed by atoms with Crippen LogP contribution in [0.1, 0.15) is 41.3 Å². The molecule has 0 aliphatic carbocycles. The molecule has 0 saturated heterocycles. The van der Waals surface area contributed by atoms with Gasteiger partial charge in [0.05, 0.1) is 18.3 Å². The summed E-state index contributed by atoms with van der Waals surface area (Å²) in [6.07, 6.45) is 0. The van der Waals surface area contributed by atoms with Gasteiger partial charge in [-0.25, -0.2) is 4.98 Å². The normalized spacial score (nSPS) is 16.1. The maximum absolute atomic E-state index is 11.5. The summed E-state index contributed by atoms with van der Waals surface area (Å²) >= 11 is 0. The molecule has 1 atom stereocenters. The SMILES string of the molecule is Cc1cccc(C#Cc2c(C)nc3n2C(C)C(C(N)=O)=NC3)c1. The van der Waals surface area contributed by atoms with Gasteiger partial charge in [-0.15, -0.1) is 0 Å². The molecule has 1 amide bonds. The van der Waals surface area contributed by atoms with Crippen LogP contribution in [-0.2, 0) is 11.3 Å². The Morgan fingerprint density at radius 1 is 1.35 bits per heavy atom. The van der Waals surface area contributed by atoms with E-state index in [4.69, 9.17) is 5.73 Å². The zero-order valence-electron chi connectivity index (χ0n) is 13.4. The first-order valence-electron chi connectivity index (χ1n) is 7.48. The van der Waals surface area contributed by atoms with E-state index in [1.807, 2.05) is 49.6 Å². The summed E-state index contributed by atoms with van der Waals surface area (Å²) in [7, 11) is 0. The van der Waals surface area contributed by atoms with Crippen LogP contribution in [-0.4, -0.2) is 21.2 Å². The molecule has 2 heterocycles.